The smallest absolute Gasteiger partial charge is 0.233 e. The van der Waals surface area contributed by atoms with E-state index >= 15 is 0 Å². The summed E-state index contributed by atoms with van der Waals surface area (Å²) in [5.74, 6) is 0.428. The summed E-state index contributed by atoms with van der Waals surface area (Å²) in [5, 5.41) is 10.8. The van der Waals surface area contributed by atoms with E-state index < -0.39 is 0 Å². The molecule has 23 heavy (non-hydrogen) atoms. The van der Waals surface area contributed by atoms with E-state index in [1.807, 2.05) is 23.1 Å². The molecule has 6 nitrogen and oxygen atoms in total. The fourth-order valence-corrected chi connectivity index (χ4v) is 4.27. The Morgan fingerprint density at radius 1 is 1.57 bits per heavy atom. The average Bonchev–Trinajstić information content (AvgIpc) is 3.14. The van der Waals surface area contributed by atoms with Crippen LogP contribution < -0.4 is 0 Å². The Kier molecular flexibility index (Phi) is 7.54. The number of thiophene rings is 1. The molecule has 0 aliphatic carbocycles. The molecule has 0 aliphatic rings. The lowest BCUT2D eigenvalue weighted by molar-refractivity contribution is -0.127. The molecule has 2 aromatic rings. The zero-order valence-corrected chi connectivity index (χ0v) is 16.3. The molecule has 0 fully saturated rings. The molecule has 0 aromatic carbocycles. The lowest BCUT2D eigenvalue weighted by Gasteiger charge is -2.15. The third kappa shape index (κ3) is 5.91. The fraction of sp³-hybridized carbons (Fsp3) is 0.500. The molecule has 0 aliphatic heterocycles. The Morgan fingerprint density at radius 2 is 2.39 bits per heavy atom. The number of carbonyl (C=O) groups is 1. The van der Waals surface area contributed by atoms with Gasteiger partial charge in [0.2, 0.25) is 5.91 Å². The normalized spacial score (nSPS) is 10.9. The molecular formula is C14H19BrN4O2S2. The molecule has 0 saturated carbocycles. The minimum Gasteiger partial charge on any atom is -0.385 e. The van der Waals surface area contributed by atoms with Gasteiger partial charge >= 0.3 is 0 Å². The maximum absolute atomic E-state index is 12.2. The van der Waals surface area contributed by atoms with Gasteiger partial charge in [-0.05, 0) is 28.4 Å². The Labute approximate surface area is 152 Å². The Hall–Kier alpha value is -0.900. The summed E-state index contributed by atoms with van der Waals surface area (Å²) >= 11 is 6.48. The number of amides is 1. The number of hydrogen-bond donors (Lipinski definition) is 0. The molecule has 2 heterocycles. The number of aryl methyl sites for hydroxylation is 1. The van der Waals surface area contributed by atoms with Crippen molar-refractivity contribution in [3.05, 3.63) is 27.1 Å². The molecule has 0 bridgehead atoms. The number of rotatable bonds is 9. The number of halogens is 1. The van der Waals surface area contributed by atoms with Gasteiger partial charge in [-0.3, -0.25) is 4.79 Å². The van der Waals surface area contributed by atoms with Gasteiger partial charge in [-0.2, -0.15) is 0 Å². The fourth-order valence-electron chi connectivity index (χ4n) is 1.88. The van der Waals surface area contributed by atoms with E-state index in [1.54, 1.807) is 29.7 Å². The molecule has 0 radical (unpaired) electrons. The van der Waals surface area contributed by atoms with Crippen LogP contribution in [0.3, 0.4) is 0 Å². The summed E-state index contributed by atoms with van der Waals surface area (Å²) in [4.78, 5) is 15.1. The van der Waals surface area contributed by atoms with Crippen molar-refractivity contribution in [2.75, 3.05) is 26.5 Å². The summed E-state index contributed by atoms with van der Waals surface area (Å²) < 4.78 is 8.05. The summed E-state index contributed by atoms with van der Waals surface area (Å²) in [5.41, 5.74) is 0. The lowest BCUT2D eigenvalue weighted by Crippen LogP contribution is -2.27. The first-order valence-electron chi connectivity index (χ1n) is 7.06. The first-order valence-corrected chi connectivity index (χ1v) is 9.72. The maximum Gasteiger partial charge on any atom is 0.233 e. The van der Waals surface area contributed by atoms with Crippen LogP contribution in [-0.2, 0) is 22.6 Å². The number of thioether (sulfide) groups is 1. The van der Waals surface area contributed by atoms with E-state index in [1.165, 1.54) is 11.8 Å². The van der Waals surface area contributed by atoms with Gasteiger partial charge in [0.15, 0.2) is 5.16 Å². The predicted molar refractivity (Wildman–Crippen MR) is 95.7 cm³/mol. The second kappa shape index (κ2) is 9.41. The van der Waals surface area contributed by atoms with Crippen LogP contribution in [0, 0.1) is 0 Å². The zero-order valence-electron chi connectivity index (χ0n) is 13.1. The molecule has 0 spiro atoms. The third-order valence-electron chi connectivity index (χ3n) is 3.09. The van der Waals surface area contributed by atoms with E-state index in [-0.39, 0.29) is 5.91 Å². The second-order valence-corrected chi connectivity index (χ2v) is 7.78. The zero-order chi connectivity index (χ0) is 16.7. The largest absolute Gasteiger partial charge is 0.385 e. The summed E-state index contributed by atoms with van der Waals surface area (Å²) in [6.07, 6.45) is 2.58. The predicted octanol–water partition coefficient (Wildman–Crippen LogP) is 2.89. The van der Waals surface area contributed by atoms with Crippen molar-refractivity contribution in [3.63, 3.8) is 0 Å². The lowest BCUT2D eigenvalue weighted by atomic mass is 10.4. The van der Waals surface area contributed by atoms with Crippen molar-refractivity contribution in [1.82, 2.24) is 19.7 Å². The molecule has 0 N–H and O–H groups in total. The second-order valence-electron chi connectivity index (χ2n) is 4.92. The van der Waals surface area contributed by atoms with E-state index in [0.29, 0.717) is 18.9 Å². The van der Waals surface area contributed by atoms with Crippen molar-refractivity contribution in [2.24, 2.45) is 0 Å². The monoisotopic (exact) mass is 418 g/mol. The minimum atomic E-state index is 0.0750. The molecule has 2 rings (SSSR count). The van der Waals surface area contributed by atoms with Crippen molar-refractivity contribution in [3.8, 4) is 0 Å². The topological polar surface area (TPSA) is 60.2 Å². The van der Waals surface area contributed by atoms with E-state index in [0.717, 1.165) is 27.5 Å². The molecule has 0 unspecified atom stereocenters. The highest BCUT2D eigenvalue weighted by Crippen LogP contribution is 2.21. The van der Waals surface area contributed by atoms with Crippen molar-refractivity contribution < 1.29 is 9.53 Å². The number of nitrogens with zero attached hydrogens (tertiary/aromatic N) is 4. The van der Waals surface area contributed by atoms with Crippen LogP contribution in [0.15, 0.2) is 27.4 Å². The Balaban J connectivity index is 1.80. The van der Waals surface area contributed by atoms with Gasteiger partial charge in [-0.1, -0.05) is 11.8 Å². The van der Waals surface area contributed by atoms with Gasteiger partial charge in [-0.25, -0.2) is 0 Å². The summed E-state index contributed by atoms with van der Waals surface area (Å²) in [7, 11) is 3.50. The van der Waals surface area contributed by atoms with E-state index in [4.69, 9.17) is 4.74 Å². The van der Waals surface area contributed by atoms with Gasteiger partial charge in [0.1, 0.15) is 6.33 Å². The van der Waals surface area contributed by atoms with Crippen LogP contribution in [0.2, 0.25) is 0 Å². The summed E-state index contributed by atoms with van der Waals surface area (Å²) in [6, 6.07) is 2.04. The van der Waals surface area contributed by atoms with Gasteiger partial charge in [0.05, 0.1) is 12.3 Å². The van der Waals surface area contributed by atoms with Crippen molar-refractivity contribution >= 4 is 44.9 Å². The van der Waals surface area contributed by atoms with Crippen LogP contribution >= 0.6 is 39.0 Å². The Bertz CT molecular complexity index is 632. The molecule has 0 saturated heterocycles. The standard InChI is InChI=1S/C14H19BrN4O2S2/c1-18(7-12-6-11(15)8-22-12)13(20)9-23-14-17-16-10-19(14)4-3-5-21-2/h6,8,10H,3-5,7,9H2,1-2H3. The molecular weight excluding hydrogens is 400 g/mol. The third-order valence-corrected chi connectivity index (χ3v) is 5.74. The first kappa shape index (κ1) is 18.4. The van der Waals surface area contributed by atoms with Crippen LogP contribution in [0.25, 0.3) is 0 Å². The highest BCUT2D eigenvalue weighted by atomic mass is 79.9. The number of hydrogen-bond acceptors (Lipinski definition) is 6. The summed E-state index contributed by atoms with van der Waals surface area (Å²) in [6.45, 7) is 2.10. The molecule has 126 valence electrons. The molecule has 1 amide bonds. The molecule has 0 atom stereocenters. The van der Waals surface area contributed by atoms with Crippen LogP contribution in [0.5, 0.6) is 0 Å². The number of aromatic nitrogens is 3. The number of carbonyl (C=O) groups excluding carboxylic acids is 1. The first-order chi connectivity index (χ1) is 11.1. The van der Waals surface area contributed by atoms with Crippen molar-refractivity contribution in [1.29, 1.82) is 0 Å². The van der Waals surface area contributed by atoms with Crippen molar-refractivity contribution in [2.45, 2.75) is 24.7 Å². The van der Waals surface area contributed by atoms with Crippen LogP contribution in [0.4, 0.5) is 0 Å². The quantitative estimate of drug-likeness (QED) is 0.462. The van der Waals surface area contributed by atoms with Crippen LogP contribution in [-0.4, -0.2) is 52.1 Å². The SMILES string of the molecule is COCCCn1cnnc1SCC(=O)N(C)Cc1cc(Br)cs1. The van der Waals surface area contributed by atoms with Crippen LogP contribution in [0.1, 0.15) is 11.3 Å². The maximum atomic E-state index is 12.2. The minimum absolute atomic E-state index is 0.0750. The van der Waals surface area contributed by atoms with Gasteiger partial charge < -0.3 is 14.2 Å². The average molecular weight is 419 g/mol. The van der Waals surface area contributed by atoms with Gasteiger partial charge in [0.25, 0.3) is 0 Å². The van der Waals surface area contributed by atoms with E-state index in [2.05, 4.69) is 26.1 Å². The Morgan fingerprint density at radius 3 is 3.09 bits per heavy atom. The highest BCUT2D eigenvalue weighted by molar-refractivity contribution is 9.10. The highest BCUT2D eigenvalue weighted by Gasteiger charge is 2.13. The molecule has 2 aromatic heterocycles. The number of ether oxygens (including phenoxy) is 1. The number of methoxy groups -OCH3 is 1. The van der Waals surface area contributed by atoms with Gasteiger partial charge in [0, 0.05) is 42.0 Å². The van der Waals surface area contributed by atoms with Gasteiger partial charge in [-0.15, -0.1) is 21.5 Å². The van der Waals surface area contributed by atoms with E-state index in [9.17, 15) is 4.79 Å². The molecule has 9 heteroatoms.